The Kier molecular flexibility index (Phi) is 10.9. The molecule has 3 aromatic rings. The van der Waals surface area contributed by atoms with Gasteiger partial charge >= 0.3 is 5.97 Å². The topological polar surface area (TPSA) is 156 Å². The lowest BCUT2D eigenvalue weighted by molar-refractivity contribution is -0.131. The van der Waals surface area contributed by atoms with Crippen LogP contribution in [0.25, 0.3) is 10.9 Å². The molecule has 2 heterocycles. The largest absolute Gasteiger partial charge is 0.496 e. The summed E-state index contributed by atoms with van der Waals surface area (Å²) >= 11 is 6.08. The molecule has 45 heavy (non-hydrogen) atoms. The highest BCUT2D eigenvalue weighted by Crippen LogP contribution is 2.26. The van der Waals surface area contributed by atoms with Gasteiger partial charge in [0.1, 0.15) is 17.5 Å². The summed E-state index contributed by atoms with van der Waals surface area (Å²) in [6, 6.07) is 8.18. The van der Waals surface area contributed by atoms with Crippen LogP contribution in [0.3, 0.4) is 0 Å². The lowest BCUT2D eigenvalue weighted by Gasteiger charge is -2.25. The van der Waals surface area contributed by atoms with E-state index >= 15 is 0 Å². The number of methoxy groups -OCH3 is 1. The predicted octanol–water partition coefficient (Wildman–Crippen LogP) is 4.03. The number of carbonyl (C=O) groups is 5. The number of H-pyrrole nitrogens is 1. The fourth-order valence-electron chi connectivity index (χ4n) is 5.61. The van der Waals surface area contributed by atoms with Crippen molar-refractivity contribution in [3.63, 3.8) is 0 Å². The van der Waals surface area contributed by atoms with Crippen molar-refractivity contribution in [3.8, 4) is 5.75 Å². The Morgan fingerprint density at radius 3 is 2.38 bits per heavy atom. The number of benzene rings is 2. The Morgan fingerprint density at radius 2 is 1.76 bits per heavy atom. The van der Waals surface area contributed by atoms with E-state index in [1.165, 1.54) is 7.11 Å². The molecule has 0 saturated carbocycles. The van der Waals surface area contributed by atoms with E-state index in [0.29, 0.717) is 51.3 Å². The smallest absolute Gasteiger partial charge is 0.339 e. The number of Topliss-reactive ketones (excluding diaryl/α,β-unsaturated/α-hetero) is 1. The maximum absolute atomic E-state index is 13.6. The summed E-state index contributed by atoms with van der Waals surface area (Å²) in [6.45, 7) is 7.10. The van der Waals surface area contributed by atoms with Crippen molar-refractivity contribution in [1.82, 2.24) is 20.9 Å². The van der Waals surface area contributed by atoms with Gasteiger partial charge in [-0.3, -0.25) is 19.2 Å². The van der Waals surface area contributed by atoms with E-state index in [1.54, 1.807) is 44.2 Å². The highest BCUT2D eigenvalue weighted by Gasteiger charge is 2.34. The lowest BCUT2D eigenvalue weighted by Crippen LogP contribution is -2.53. The summed E-state index contributed by atoms with van der Waals surface area (Å²) in [6.07, 6.45) is 0.810. The molecule has 4 rings (SSSR count). The number of rotatable bonds is 13. The summed E-state index contributed by atoms with van der Waals surface area (Å²) in [5.74, 6) is -2.46. The molecule has 1 fully saturated rings. The number of hydrogen-bond acceptors (Lipinski definition) is 7. The van der Waals surface area contributed by atoms with E-state index in [1.807, 2.05) is 19.9 Å². The van der Waals surface area contributed by atoms with E-state index in [0.717, 1.165) is 0 Å². The third-order valence-corrected chi connectivity index (χ3v) is 8.07. The molecule has 0 radical (unpaired) electrons. The number of carbonyl (C=O) groups excluding carboxylic acids is 5. The quantitative estimate of drug-likeness (QED) is 0.206. The minimum absolute atomic E-state index is 0.0189. The number of aromatic amines is 1. The highest BCUT2D eigenvalue weighted by atomic mass is 35.5. The van der Waals surface area contributed by atoms with Gasteiger partial charge in [0.15, 0.2) is 12.4 Å². The number of aryl methyl sites for hydroxylation is 2. The third-order valence-electron chi connectivity index (χ3n) is 7.85. The van der Waals surface area contributed by atoms with Gasteiger partial charge in [0.2, 0.25) is 11.8 Å². The molecule has 12 heteroatoms. The van der Waals surface area contributed by atoms with Crippen molar-refractivity contribution >= 4 is 52.0 Å². The molecule has 2 aromatic carbocycles. The Balaban J connectivity index is 1.50. The summed E-state index contributed by atoms with van der Waals surface area (Å²) in [5, 5.41) is 9.46. The summed E-state index contributed by atoms with van der Waals surface area (Å²) in [4.78, 5) is 68.7. The second-order valence-electron chi connectivity index (χ2n) is 11.8. The van der Waals surface area contributed by atoms with Crippen LogP contribution in [-0.4, -0.2) is 66.8 Å². The minimum Gasteiger partial charge on any atom is -0.496 e. The molecule has 1 aliphatic heterocycles. The zero-order chi connectivity index (χ0) is 32.8. The molecule has 1 saturated heterocycles. The van der Waals surface area contributed by atoms with Crippen LogP contribution in [0, 0.1) is 25.7 Å². The number of halogens is 1. The lowest BCUT2D eigenvalue weighted by atomic mass is 9.95. The standard InChI is InChI=1S/C33H39ClN4O7/c1-17(2)11-25(38-32(42)26-15-22-23(36-26)7-6-8-28(22)44-5)31(41)37-24(14-20-9-10-35-30(20)40)27(39)16-45-33(43)29-18(3)12-21(34)13-19(29)4/h6-8,12-13,15,17,20,24-25,36H,9-11,14,16H2,1-5H3,(H,35,40)(H,37,41)(H,38,42)/t20-,24-,25-/m0/s1. The van der Waals surface area contributed by atoms with E-state index in [2.05, 4.69) is 20.9 Å². The Labute approximate surface area is 266 Å². The molecule has 3 amide bonds. The zero-order valence-corrected chi connectivity index (χ0v) is 26.8. The number of hydrogen-bond donors (Lipinski definition) is 4. The minimum atomic E-state index is -1.13. The fourth-order valence-corrected chi connectivity index (χ4v) is 5.93. The van der Waals surface area contributed by atoms with Gasteiger partial charge in [-0.2, -0.15) is 0 Å². The van der Waals surface area contributed by atoms with Gasteiger partial charge < -0.3 is 30.4 Å². The van der Waals surface area contributed by atoms with Gasteiger partial charge in [-0.05, 0) is 80.5 Å². The van der Waals surface area contributed by atoms with Crippen LogP contribution in [0.4, 0.5) is 0 Å². The van der Waals surface area contributed by atoms with Crippen LogP contribution in [0.15, 0.2) is 36.4 Å². The number of aromatic nitrogens is 1. The van der Waals surface area contributed by atoms with E-state index < -0.39 is 48.2 Å². The first-order valence-electron chi connectivity index (χ1n) is 14.9. The molecular formula is C33H39ClN4O7. The fraction of sp³-hybridized carbons (Fsp3) is 0.424. The van der Waals surface area contributed by atoms with Gasteiger partial charge in [-0.15, -0.1) is 0 Å². The highest BCUT2D eigenvalue weighted by molar-refractivity contribution is 6.30. The van der Waals surface area contributed by atoms with Crippen molar-refractivity contribution in [3.05, 3.63) is 63.8 Å². The summed E-state index contributed by atoms with van der Waals surface area (Å²) < 4.78 is 10.8. The average Bonchev–Trinajstić information content (AvgIpc) is 3.60. The van der Waals surface area contributed by atoms with Gasteiger partial charge in [0, 0.05) is 28.4 Å². The average molecular weight is 639 g/mol. The first-order valence-corrected chi connectivity index (χ1v) is 15.3. The number of esters is 1. The maximum Gasteiger partial charge on any atom is 0.339 e. The monoisotopic (exact) mass is 638 g/mol. The second kappa shape index (κ2) is 14.6. The first-order chi connectivity index (χ1) is 21.4. The van der Waals surface area contributed by atoms with Crippen molar-refractivity contribution < 1.29 is 33.4 Å². The van der Waals surface area contributed by atoms with Gasteiger partial charge in [0.05, 0.1) is 18.7 Å². The van der Waals surface area contributed by atoms with E-state index in [-0.39, 0.29) is 30.4 Å². The maximum atomic E-state index is 13.6. The Bertz CT molecular complexity index is 1590. The number of fused-ring (bicyclic) bond motifs is 1. The summed E-state index contributed by atoms with van der Waals surface area (Å²) in [7, 11) is 1.54. The molecule has 0 aliphatic carbocycles. The third kappa shape index (κ3) is 8.21. The van der Waals surface area contributed by atoms with Gasteiger partial charge in [-0.1, -0.05) is 31.5 Å². The number of ketones is 1. The van der Waals surface area contributed by atoms with Crippen molar-refractivity contribution in [2.24, 2.45) is 11.8 Å². The Morgan fingerprint density at radius 1 is 1.04 bits per heavy atom. The molecule has 3 atom stereocenters. The van der Waals surface area contributed by atoms with Crippen molar-refractivity contribution in [2.45, 2.75) is 59.0 Å². The molecule has 0 bridgehead atoms. The van der Waals surface area contributed by atoms with Crippen molar-refractivity contribution in [2.75, 3.05) is 20.3 Å². The normalized spacial score (nSPS) is 15.8. The van der Waals surface area contributed by atoms with Crippen LogP contribution < -0.4 is 20.7 Å². The first kappa shape index (κ1) is 33.5. The second-order valence-corrected chi connectivity index (χ2v) is 12.2. The number of ether oxygens (including phenoxy) is 2. The predicted molar refractivity (Wildman–Crippen MR) is 169 cm³/mol. The molecule has 0 spiro atoms. The van der Waals surface area contributed by atoms with Crippen LogP contribution in [0.5, 0.6) is 5.75 Å². The van der Waals surface area contributed by atoms with E-state index in [9.17, 15) is 24.0 Å². The number of amides is 3. The molecule has 11 nitrogen and oxygen atoms in total. The van der Waals surface area contributed by atoms with Crippen molar-refractivity contribution in [1.29, 1.82) is 0 Å². The Hall–Kier alpha value is -4.38. The molecule has 0 unspecified atom stereocenters. The SMILES string of the molecule is COc1cccc2[nH]c(C(=O)N[C@@H](CC(C)C)C(=O)N[C@@H](C[C@@H]3CCNC3=O)C(=O)COC(=O)c3c(C)cc(Cl)cc3C)cc12. The molecular weight excluding hydrogens is 600 g/mol. The zero-order valence-electron chi connectivity index (χ0n) is 26.0. The molecule has 1 aromatic heterocycles. The van der Waals surface area contributed by atoms with Crippen LogP contribution in [-0.2, 0) is 19.1 Å². The molecule has 240 valence electrons. The summed E-state index contributed by atoms with van der Waals surface area (Å²) in [5.41, 5.74) is 2.45. The van der Waals surface area contributed by atoms with Gasteiger partial charge in [-0.25, -0.2) is 4.79 Å². The van der Waals surface area contributed by atoms with Crippen LogP contribution in [0.1, 0.15) is 65.1 Å². The van der Waals surface area contributed by atoms with Gasteiger partial charge in [0.25, 0.3) is 5.91 Å². The number of nitrogens with one attached hydrogen (secondary N) is 4. The van der Waals surface area contributed by atoms with Crippen LogP contribution >= 0.6 is 11.6 Å². The van der Waals surface area contributed by atoms with Crippen LogP contribution in [0.2, 0.25) is 5.02 Å². The molecule has 4 N–H and O–H groups in total. The van der Waals surface area contributed by atoms with E-state index in [4.69, 9.17) is 21.1 Å². The molecule has 1 aliphatic rings.